The minimum absolute atomic E-state index is 0.142. The minimum atomic E-state index is -1.03. The van der Waals surface area contributed by atoms with Gasteiger partial charge in [0.25, 0.3) is 0 Å². The highest BCUT2D eigenvalue weighted by atomic mass is 16.5. The Morgan fingerprint density at radius 2 is 1.67 bits per heavy atom. The van der Waals surface area contributed by atoms with Crippen LogP contribution in [0.1, 0.15) is 27.7 Å². The standard InChI is InChI=1S/C12H24N2O4/c1-7(2)9(6-18-5)13-12(17)14-10(8(3)4)11(15)16/h7-10H,6H2,1-5H3,(H,15,16)(H2,13,14,17)/t9?,10-/m1/s1. The minimum Gasteiger partial charge on any atom is -0.480 e. The van der Waals surface area contributed by atoms with Crippen molar-refractivity contribution in [1.29, 1.82) is 0 Å². The van der Waals surface area contributed by atoms with Crippen LogP contribution in [0.15, 0.2) is 0 Å². The maximum atomic E-state index is 11.7. The topological polar surface area (TPSA) is 87.7 Å². The zero-order valence-electron chi connectivity index (χ0n) is 11.7. The molecule has 0 radical (unpaired) electrons. The van der Waals surface area contributed by atoms with E-state index in [1.807, 2.05) is 13.8 Å². The molecule has 0 bridgehead atoms. The van der Waals surface area contributed by atoms with Crippen molar-refractivity contribution >= 4 is 12.0 Å². The number of aliphatic carboxylic acids is 1. The van der Waals surface area contributed by atoms with Gasteiger partial charge in [0.05, 0.1) is 12.6 Å². The Morgan fingerprint density at radius 1 is 1.11 bits per heavy atom. The van der Waals surface area contributed by atoms with Crippen LogP contribution >= 0.6 is 0 Å². The van der Waals surface area contributed by atoms with Gasteiger partial charge < -0.3 is 20.5 Å². The first-order valence-corrected chi connectivity index (χ1v) is 6.08. The predicted molar refractivity (Wildman–Crippen MR) is 68.4 cm³/mol. The van der Waals surface area contributed by atoms with Gasteiger partial charge in [-0.2, -0.15) is 0 Å². The fourth-order valence-electron chi connectivity index (χ4n) is 1.45. The zero-order valence-corrected chi connectivity index (χ0v) is 11.7. The quantitative estimate of drug-likeness (QED) is 0.639. The van der Waals surface area contributed by atoms with Crippen LogP contribution in [0.2, 0.25) is 0 Å². The fourth-order valence-corrected chi connectivity index (χ4v) is 1.45. The summed E-state index contributed by atoms with van der Waals surface area (Å²) in [5, 5.41) is 14.1. The van der Waals surface area contributed by atoms with E-state index in [1.54, 1.807) is 21.0 Å². The number of rotatable bonds is 7. The first-order chi connectivity index (χ1) is 8.29. The zero-order chi connectivity index (χ0) is 14.3. The Labute approximate surface area is 108 Å². The molecule has 6 heteroatoms. The van der Waals surface area contributed by atoms with Crippen LogP contribution in [-0.4, -0.2) is 42.9 Å². The second-order valence-electron chi connectivity index (χ2n) is 4.98. The molecule has 0 spiro atoms. The Balaban J connectivity index is 4.42. The summed E-state index contributed by atoms with van der Waals surface area (Å²) in [5.41, 5.74) is 0. The molecule has 3 N–H and O–H groups in total. The number of carbonyl (C=O) groups excluding carboxylic acids is 1. The summed E-state index contributed by atoms with van der Waals surface area (Å²) in [6.45, 7) is 7.80. The van der Waals surface area contributed by atoms with Crippen molar-refractivity contribution in [3.05, 3.63) is 0 Å². The molecule has 0 aliphatic rings. The van der Waals surface area contributed by atoms with Crippen molar-refractivity contribution < 1.29 is 19.4 Å². The maximum Gasteiger partial charge on any atom is 0.326 e. The SMILES string of the molecule is COCC(NC(=O)N[C@@H](C(=O)O)C(C)C)C(C)C. The van der Waals surface area contributed by atoms with E-state index in [4.69, 9.17) is 9.84 Å². The van der Waals surface area contributed by atoms with E-state index < -0.39 is 18.0 Å². The summed E-state index contributed by atoms with van der Waals surface area (Å²) in [4.78, 5) is 22.7. The summed E-state index contributed by atoms with van der Waals surface area (Å²) in [5.74, 6) is -1.00. The van der Waals surface area contributed by atoms with Gasteiger partial charge in [-0.25, -0.2) is 9.59 Å². The van der Waals surface area contributed by atoms with Gasteiger partial charge in [0.2, 0.25) is 0 Å². The third kappa shape index (κ3) is 5.86. The van der Waals surface area contributed by atoms with Gasteiger partial charge in [0.1, 0.15) is 6.04 Å². The molecule has 0 aliphatic heterocycles. The molecule has 18 heavy (non-hydrogen) atoms. The van der Waals surface area contributed by atoms with Gasteiger partial charge in [-0.1, -0.05) is 27.7 Å². The number of carboxylic acid groups (broad SMARTS) is 1. The van der Waals surface area contributed by atoms with Gasteiger partial charge in [0, 0.05) is 7.11 Å². The molecule has 0 heterocycles. The van der Waals surface area contributed by atoms with Crippen molar-refractivity contribution in [1.82, 2.24) is 10.6 Å². The molecular formula is C12H24N2O4. The number of hydrogen-bond acceptors (Lipinski definition) is 3. The predicted octanol–water partition coefficient (Wildman–Crippen LogP) is 1.07. The Kier molecular flexibility index (Phi) is 7.35. The van der Waals surface area contributed by atoms with Crippen LogP contribution in [0.5, 0.6) is 0 Å². The molecule has 0 rings (SSSR count). The molecule has 0 aromatic rings. The molecule has 0 aromatic heterocycles. The second kappa shape index (κ2) is 7.92. The van der Waals surface area contributed by atoms with Crippen LogP contribution in [0.25, 0.3) is 0 Å². The smallest absolute Gasteiger partial charge is 0.326 e. The highest BCUT2D eigenvalue weighted by Crippen LogP contribution is 2.04. The molecule has 1 unspecified atom stereocenters. The van der Waals surface area contributed by atoms with Crippen molar-refractivity contribution in [2.45, 2.75) is 39.8 Å². The number of methoxy groups -OCH3 is 1. The summed E-state index contributed by atoms with van der Waals surface area (Å²) in [6, 6.07) is -1.51. The number of hydrogen-bond donors (Lipinski definition) is 3. The van der Waals surface area contributed by atoms with Gasteiger partial charge in [-0.3, -0.25) is 0 Å². The number of nitrogens with one attached hydrogen (secondary N) is 2. The maximum absolute atomic E-state index is 11.7. The Morgan fingerprint density at radius 3 is 2.00 bits per heavy atom. The Bertz CT molecular complexity index is 279. The average molecular weight is 260 g/mol. The van der Waals surface area contributed by atoms with E-state index in [0.717, 1.165) is 0 Å². The molecular weight excluding hydrogens is 236 g/mol. The first kappa shape index (κ1) is 16.7. The lowest BCUT2D eigenvalue weighted by atomic mass is 10.0. The second-order valence-corrected chi connectivity index (χ2v) is 4.98. The van der Waals surface area contributed by atoms with E-state index >= 15 is 0 Å². The van der Waals surface area contributed by atoms with E-state index in [2.05, 4.69) is 10.6 Å². The fraction of sp³-hybridized carbons (Fsp3) is 0.833. The number of amides is 2. The largest absolute Gasteiger partial charge is 0.480 e. The molecule has 0 fully saturated rings. The lowest BCUT2D eigenvalue weighted by molar-refractivity contribution is -0.140. The van der Waals surface area contributed by atoms with Gasteiger partial charge in [0.15, 0.2) is 0 Å². The summed E-state index contributed by atoms with van der Waals surface area (Å²) in [6.07, 6.45) is 0. The Hall–Kier alpha value is -1.30. The van der Waals surface area contributed by atoms with Gasteiger partial charge in [-0.05, 0) is 11.8 Å². The molecule has 0 saturated heterocycles. The van der Waals surface area contributed by atoms with Gasteiger partial charge >= 0.3 is 12.0 Å². The highest BCUT2D eigenvalue weighted by molar-refractivity contribution is 5.82. The van der Waals surface area contributed by atoms with Crippen molar-refractivity contribution in [2.75, 3.05) is 13.7 Å². The number of carboxylic acids is 1. The van der Waals surface area contributed by atoms with Gasteiger partial charge in [-0.15, -0.1) is 0 Å². The first-order valence-electron chi connectivity index (χ1n) is 6.08. The molecule has 106 valence electrons. The third-order valence-electron chi connectivity index (χ3n) is 2.69. The lowest BCUT2D eigenvalue weighted by Gasteiger charge is -2.24. The molecule has 0 saturated carbocycles. The highest BCUT2D eigenvalue weighted by Gasteiger charge is 2.25. The number of ether oxygens (including phenoxy) is 1. The molecule has 2 amide bonds. The molecule has 2 atom stereocenters. The van der Waals surface area contributed by atoms with Crippen molar-refractivity contribution in [2.24, 2.45) is 11.8 Å². The van der Waals surface area contributed by atoms with E-state index in [0.29, 0.717) is 6.61 Å². The molecule has 0 aliphatic carbocycles. The normalized spacial score (nSPS) is 14.4. The molecule has 6 nitrogen and oxygen atoms in total. The third-order valence-corrected chi connectivity index (χ3v) is 2.69. The summed E-state index contributed by atoms with van der Waals surface area (Å²) in [7, 11) is 1.56. The van der Waals surface area contributed by atoms with Crippen molar-refractivity contribution in [3.63, 3.8) is 0 Å². The lowest BCUT2D eigenvalue weighted by Crippen LogP contribution is -2.53. The summed E-state index contributed by atoms with van der Waals surface area (Å²) >= 11 is 0. The number of carbonyl (C=O) groups is 2. The monoisotopic (exact) mass is 260 g/mol. The number of urea groups is 1. The van der Waals surface area contributed by atoms with Crippen LogP contribution in [0.4, 0.5) is 4.79 Å². The van der Waals surface area contributed by atoms with E-state index in [1.165, 1.54) is 0 Å². The van der Waals surface area contributed by atoms with E-state index in [9.17, 15) is 9.59 Å². The molecule has 0 aromatic carbocycles. The van der Waals surface area contributed by atoms with Crippen LogP contribution in [0.3, 0.4) is 0 Å². The average Bonchev–Trinajstić information content (AvgIpc) is 2.24. The van der Waals surface area contributed by atoms with Crippen molar-refractivity contribution in [3.8, 4) is 0 Å². The van der Waals surface area contributed by atoms with E-state index in [-0.39, 0.29) is 17.9 Å². The van der Waals surface area contributed by atoms with Crippen LogP contribution in [-0.2, 0) is 9.53 Å². The van der Waals surface area contributed by atoms with Crippen LogP contribution in [0, 0.1) is 11.8 Å². The van der Waals surface area contributed by atoms with Crippen LogP contribution < -0.4 is 10.6 Å². The summed E-state index contributed by atoms with van der Waals surface area (Å²) < 4.78 is 5.01.